The minimum atomic E-state index is -0.819. The van der Waals surface area contributed by atoms with Gasteiger partial charge in [0.25, 0.3) is 0 Å². The van der Waals surface area contributed by atoms with Crippen LogP contribution in [0.25, 0.3) is 0 Å². The molecule has 0 aromatic rings. The molecule has 6 aliphatic rings. The van der Waals surface area contributed by atoms with Gasteiger partial charge in [0.2, 0.25) is 16.9 Å². The van der Waals surface area contributed by atoms with E-state index in [4.69, 9.17) is 10.2 Å². The molecule has 6 rings (SSSR count). The van der Waals surface area contributed by atoms with Crippen molar-refractivity contribution in [3.8, 4) is 0 Å². The second-order valence-electron chi connectivity index (χ2n) is 8.65. The van der Waals surface area contributed by atoms with E-state index in [2.05, 4.69) is 16.0 Å². The zero-order valence-electron chi connectivity index (χ0n) is 18.6. The van der Waals surface area contributed by atoms with Gasteiger partial charge >= 0.3 is 11.9 Å². The van der Waals surface area contributed by atoms with Gasteiger partial charge < -0.3 is 20.8 Å². The Morgan fingerprint density at radius 3 is 2.24 bits per heavy atom. The van der Waals surface area contributed by atoms with E-state index in [1.165, 1.54) is 11.8 Å². The van der Waals surface area contributed by atoms with E-state index in [9.17, 15) is 19.2 Å². The summed E-state index contributed by atoms with van der Waals surface area (Å²) in [5, 5.41) is 26.8. The van der Waals surface area contributed by atoms with Crippen LogP contribution < -0.4 is 16.0 Å². The Bertz CT molecular complexity index is 904. The molecule has 6 saturated heterocycles. The topological polar surface area (TPSA) is 158 Å². The summed E-state index contributed by atoms with van der Waals surface area (Å²) >= 11 is 4.71. The Hall–Kier alpha value is -1.27. The van der Waals surface area contributed by atoms with Crippen LogP contribution in [0.2, 0.25) is 0 Å². The first-order chi connectivity index (χ1) is 16.2. The van der Waals surface area contributed by atoms with Crippen LogP contribution in [0.4, 0.5) is 0 Å². The van der Waals surface area contributed by atoms with Crippen LogP contribution in [0.5, 0.6) is 0 Å². The third kappa shape index (κ3) is 3.30. The Labute approximate surface area is 208 Å². The Morgan fingerprint density at radius 2 is 1.59 bits per heavy atom. The van der Waals surface area contributed by atoms with Gasteiger partial charge in [0, 0.05) is 23.8 Å². The third-order valence-corrected chi connectivity index (χ3v) is 11.7. The first kappa shape index (κ1) is 24.4. The minimum absolute atomic E-state index is 0.0501. The van der Waals surface area contributed by atoms with Crippen molar-refractivity contribution in [3.05, 3.63) is 0 Å². The van der Waals surface area contributed by atoms with Gasteiger partial charge in [-0.3, -0.25) is 34.3 Å². The first-order valence-electron chi connectivity index (χ1n) is 10.8. The molecule has 6 atom stereocenters. The highest BCUT2D eigenvalue weighted by Gasteiger charge is 2.68. The lowest BCUT2D eigenvalue weighted by Crippen LogP contribution is -2.76. The standard InChI is InChI=1S/C9H14N4O3S.C9H13N3O3S2/c1-10-2-5-7(14)13-4-12-6(8(15)16)3-17-9(12,13)11-5;1-10-5-2-16-9-11(4-12(9)7(5)13)6(3-17-9)8(14)15/h5-6,10-11H,2-4H2,1H3,(H,15,16);5-6,10H,2-4H2,1H3,(H,14,15)/t2*5?,6?,9-/m10/s1. The molecule has 13 nitrogen and oxygen atoms in total. The molecule has 6 fully saturated rings. The van der Waals surface area contributed by atoms with E-state index in [1.807, 2.05) is 9.80 Å². The fourth-order valence-electron chi connectivity index (χ4n) is 5.04. The fourth-order valence-corrected chi connectivity index (χ4v) is 10.1. The summed E-state index contributed by atoms with van der Waals surface area (Å²) in [7, 11) is 3.57. The number of hydrogen-bond acceptors (Lipinski definition) is 12. The molecule has 0 aromatic carbocycles. The molecule has 0 aliphatic carbocycles. The molecule has 6 heterocycles. The molecule has 0 bridgehead atoms. The van der Waals surface area contributed by atoms with Crippen molar-refractivity contribution in [3.63, 3.8) is 0 Å². The molecular weight excluding hydrogens is 506 g/mol. The Kier molecular flexibility index (Phi) is 6.24. The molecule has 2 spiro atoms. The average molecular weight is 534 g/mol. The molecule has 0 aromatic heterocycles. The second kappa shape index (κ2) is 8.69. The van der Waals surface area contributed by atoms with Gasteiger partial charge in [0.1, 0.15) is 18.1 Å². The number of thioether (sulfide) groups is 3. The van der Waals surface area contributed by atoms with Crippen LogP contribution in [-0.2, 0) is 19.2 Å². The maximum absolute atomic E-state index is 12.1. The van der Waals surface area contributed by atoms with E-state index in [0.29, 0.717) is 37.1 Å². The number of hydrogen-bond donors (Lipinski definition) is 5. The van der Waals surface area contributed by atoms with Gasteiger partial charge in [-0.25, -0.2) is 9.80 Å². The molecule has 2 amide bonds. The van der Waals surface area contributed by atoms with Crippen molar-refractivity contribution in [1.29, 1.82) is 0 Å². The highest BCUT2D eigenvalue weighted by atomic mass is 32.2. The van der Waals surface area contributed by atoms with Crippen molar-refractivity contribution in [2.75, 3.05) is 51.2 Å². The number of aliphatic carboxylic acids is 2. The molecule has 16 heteroatoms. The largest absolute Gasteiger partial charge is 0.480 e. The molecule has 6 aliphatic heterocycles. The zero-order valence-corrected chi connectivity index (χ0v) is 21.0. The Morgan fingerprint density at radius 1 is 0.971 bits per heavy atom. The van der Waals surface area contributed by atoms with E-state index < -0.39 is 33.5 Å². The number of carboxylic acid groups (broad SMARTS) is 2. The van der Waals surface area contributed by atoms with Gasteiger partial charge in [-0.1, -0.05) is 11.8 Å². The lowest BCUT2D eigenvalue weighted by molar-refractivity contribution is -0.174. The second-order valence-corrected chi connectivity index (χ2v) is 12.5. The maximum Gasteiger partial charge on any atom is 0.321 e. The maximum atomic E-state index is 12.1. The highest BCUT2D eigenvalue weighted by Crippen LogP contribution is 2.58. The average Bonchev–Trinajstić information content (AvgIpc) is 3.27. The van der Waals surface area contributed by atoms with Crippen LogP contribution in [0.3, 0.4) is 0 Å². The summed E-state index contributed by atoms with van der Waals surface area (Å²) in [5.74, 6) is 0.282. The van der Waals surface area contributed by atoms with Crippen LogP contribution in [0.15, 0.2) is 0 Å². The summed E-state index contributed by atoms with van der Waals surface area (Å²) in [6.07, 6.45) is 0. The summed E-state index contributed by atoms with van der Waals surface area (Å²) in [4.78, 5) is 53.5. The van der Waals surface area contributed by atoms with Crippen molar-refractivity contribution in [2.45, 2.75) is 33.6 Å². The number of amides is 2. The van der Waals surface area contributed by atoms with Crippen molar-refractivity contribution >= 4 is 59.0 Å². The molecule has 0 saturated carbocycles. The van der Waals surface area contributed by atoms with E-state index in [-0.39, 0.29) is 23.9 Å². The molecule has 34 heavy (non-hydrogen) atoms. The molecule has 4 unspecified atom stereocenters. The number of nitrogens with one attached hydrogen (secondary N) is 3. The van der Waals surface area contributed by atoms with Crippen molar-refractivity contribution < 1.29 is 29.4 Å². The highest BCUT2D eigenvalue weighted by molar-refractivity contribution is 8.18. The van der Waals surface area contributed by atoms with E-state index >= 15 is 0 Å². The summed E-state index contributed by atoms with van der Waals surface area (Å²) in [5.41, 5.74) is 0. The van der Waals surface area contributed by atoms with Crippen LogP contribution in [-0.4, -0.2) is 138 Å². The normalized spacial score (nSPS) is 40.4. The van der Waals surface area contributed by atoms with Gasteiger partial charge in [0.05, 0.1) is 19.4 Å². The van der Waals surface area contributed by atoms with Gasteiger partial charge in [-0.05, 0) is 14.1 Å². The number of nitrogens with zero attached hydrogens (tertiary/aromatic N) is 4. The monoisotopic (exact) mass is 533 g/mol. The van der Waals surface area contributed by atoms with Gasteiger partial charge in [0.15, 0.2) is 4.33 Å². The molecule has 0 radical (unpaired) electrons. The smallest absolute Gasteiger partial charge is 0.321 e. The number of carbonyl (C=O) groups is 4. The van der Waals surface area contributed by atoms with E-state index in [1.54, 1.807) is 47.4 Å². The molecular formula is C18H27N7O6S3. The summed E-state index contributed by atoms with van der Waals surface area (Å²) in [6, 6.07) is -1.35. The number of carbonyl (C=O) groups excluding carboxylic acids is 2. The van der Waals surface area contributed by atoms with Crippen LogP contribution >= 0.6 is 35.3 Å². The predicted octanol–water partition coefficient (Wildman–Crippen LogP) is -2.68. The lowest BCUT2D eigenvalue weighted by Gasteiger charge is -2.59. The number of rotatable bonds is 5. The molecule has 188 valence electrons. The van der Waals surface area contributed by atoms with Crippen molar-refractivity contribution in [2.24, 2.45) is 0 Å². The zero-order chi connectivity index (χ0) is 24.4. The third-order valence-electron chi connectivity index (χ3n) is 6.93. The number of likely N-dealkylation sites (N-methyl/N-ethyl adjacent to an activating group) is 2. The summed E-state index contributed by atoms with van der Waals surface area (Å²) < 4.78 is -0.437. The quantitative estimate of drug-likeness (QED) is 0.249. The first-order valence-corrected chi connectivity index (χ1v) is 13.8. The van der Waals surface area contributed by atoms with E-state index in [0.717, 1.165) is 0 Å². The number of carboxylic acids is 2. The minimum Gasteiger partial charge on any atom is -0.480 e. The van der Waals surface area contributed by atoms with Crippen molar-refractivity contribution in [1.82, 2.24) is 35.6 Å². The van der Waals surface area contributed by atoms with Gasteiger partial charge in [-0.15, -0.1) is 23.5 Å². The SMILES string of the molecule is CNC1CS[C@]23SCC(C(=O)O)N2CN3C1=O.CNCC1N[C@@]23SCC(C(=O)O)N2CN3C1=O. The molecule has 5 N–H and O–H groups in total. The van der Waals surface area contributed by atoms with Gasteiger partial charge in [-0.2, -0.15) is 0 Å². The predicted molar refractivity (Wildman–Crippen MR) is 126 cm³/mol. The summed E-state index contributed by atoms with van der Waals surface area (Å²) in [6.45, 7) is 1.41. The Balaban J connectivity index is 0.000000142. The van der Waals surface area contributed by atoms with Crippen LogP contribution in [0, 0.1) is 0 Å². The lowest BCUT2D eigenvalue weighted by atomic mass is 10.2. The van der Waals surface area contributed by atoms with Crippen LogP contribution in [0.1, 0.15) is 0 Å². The fraction of sp³-hybridized carbons (Fsp3) is 0.778.